The van der Waals surface area contributed by atoms with Crippen LogP contribution in [0.25, 0.3) is 0 Å². The van der Waals surface area contributed by atoms with E-state index in [0.29, 0.717) is 29.3 Å². The fraction of sp³-hybridized carbons (Fsp3) is 0.393. The van der Waals surface area contributed by atoms with Crippen LogP contribution in [0.4, 0.5) is 0 Å². The van der Waals surface area contributed by atoms with Gasteiger partial charge >= 0.3 is 5.97 Å². The van der Waals surface area contributed by atoms with Gasteiger partial charge in [0.2, 0.25) is 5.91 Å². The van der Waals surface area contributed by atoms with E-state index in [1.807, 2.05) is 57.2 Å². The maximum atomic E-state index is 13.2. The molecule has 1 N–H and O–H groups in total. The Morgan fingerprint density at radius 1 is 1.12 bits per heavy atom. The minimum atomic E-state index is -0.398. The van der Waals surface area contributed by atoms with Crippen LogP contribution in [-0.4, -0.2) is 35.8 Å². The van der Waals surface area contributed by atoms with Crippen molar-refractivity contribution in [3.05, 3.63) is 82.1 Å². The van der Waals surface area contributed by atoms with Crippen molar-refractivity contribution in [2.45, 2.75) is 53.5 Å². The summed E-state index contributed by atoms with van der Waals surface area (Å²) in [6.45, 7) is 10.8. The lowest BCUT2D eigenvalue weighted by molar-refractivity contribution is -0.140. The number of esters is 1. The molecule has 2 aromatic carbocycles. The summed E-state index contributed by atoms with van der Waals surface area (Å²) in [4.78, 5) is 40.3. The van der Waals surface area contributed by atoms with E-state index in [1.54, 1.807) is 30.9 Å². The summed E-state index contributed by atoms with van der Waals surface area (Å²) in [6, 6.07) is 15.2. The normalized spacial score (nSPS) is 16.1. The number of nitrogens with one attached hydrogen (secondary N) is 1. The number of hydrogen-bond donors (Lipinski definition) is 1. The van der Waals surface area contributed by atoms with Crippen molar-refractivity contribution in [2.75, 3.05) is 13.2 Å². The fourth-order valence-electron chi connectivity index (χ4n) is 4.15. The summed E-state index contributed by atoms with van der Waals surface area (Å²) in [5.41, 5.74) is 4.51. The molecule has 0 aromatic heterocycles. The zero-order valence-electron chi connectivity index (χ0n) is 20.7. The first-order valence-electron chi connectivity index (χ1n) is 11.8. The Bertz CT molecular complexity index is 1090. The Balaban J connectivity index is 1.92. The average Bonchev–Trinajstić information content (AvgIpc) is 2.80. The number of allylic oxidation sites excluding steroid dienone is 1. The second kappa shape index (κ2) is 11.1. The minimum Gasteiger partial charge on any atom is -0.463 e. The van der Waals surface area contributed by atoms with E-state index >= 15 is 0 Å². The van der Waals surface area contributed by atoms with Crippen LogP contribution in [-0.2, 0) is 20.9 Å². The number of carbonyl (C=O) groups excluding carboxylic acids is 3. The maximum Gasteiger partial charge on any atom is 0.336 e. The third-order valence-electron chi connectivity index (χ3n) is 6.00. The van der Waals surface area contributed by atoms with Crippen molar-refractivity contribution in [2.24, 2.45) is 5.92 Å². The van der Waals surface area contributed by atoms with Crippen molar-refractivity contribution in [1.82, 2.24) is 10.2 Å². The van der Waals surface area contributed by atoms with Gasteiger partial charge in [0.15, 0.2) is 0 Å². The van der Waals surface area contributed by atoms with Crippen LogP contribution >= 0.6 is 0 Å². The molecular weight excluding hydrogens is 428 g/mol. The van der Waals surface area contributed by atoms with Crippen LogP contribution in [0.5, 0.6) is 0 Å². The number of ether oxygens (including phenoxy) is 1. The molecule has 6 heteroatoms. The van der Waals surface area contributed by atoms with Crippen LogP contribution in [0.2, 0.25) is 0 Å². The third-order valence-corrected chi connectivity index (χ3v) is 6.00. The molecule has 1 atom stereocenters. The minimum absolute atomic E-state index is 0.0641. The standard InChI is InChI=1S/C28H34N2O4/c1-6-34-28(33)26-20(5)30(25(31)15-24(26)22-12-10-19(4)11-13-22)17-21-8-7-9-23(14-21)27(32)29-16-18(2)3/h7-14,18,24H,6,15-17H2,1-5H3,(H,29,32). The van der Waals surface area contributed by atoms with E-state index in [4.69, 9.17) is 4.74 Å². The van der Waals surface area contributed by atoms with Crippen molar-refractivity contribution in [3.63, 3.8) is 0 Å². The first-order chi connectivity index (χ1) is 16.2. The molecule has 1 aliphatic heterocycles. The highest BCUT2D eigenvalue weighted by Crippen LogP contribution is 2.37. The van der Waals surface area contributed by atoms with E-state index in [-0.39, 0.29) is 37.3 Å². The predicted molar refractivity (Wildman–Crippen MR) is 132 cm³/mol. The first-order valence-corrected chi connectivity index (χ1v) is 11.8. The van der Waals surface area contributed by atoms with Crippen LogP contribution in [0.3, 0.4) is 0 Å². The Morgan fingerprint density at radius 3 is 2.47 bits per heavy atom. The van der Waals surface area contributed by atoms with Crippen molar-refractivity contribution in [3.8, 4) is 0 Å². The molecule has 180 valence electrons. The van der Waals surface area contributed by atoms with Crippen molar-refractivity contribution < 1.29 is 19.1 Å². The number of amides is 2. The van der Waals surface area contributed by atoms with E-state index in [0.717, 1.165) is 16.7 Å². The molecule has 2 aromatic rings. The molecule has 0 spiro atoms. The summed E-state index contributed by atoms with van der Waals surface area (Å²) >= 11 is 0. The molecule has 0 saturated heterocycles. The number of rotatable bonds is 8. The second-order valence-corrected chi connectivity index (χ2v) is 9.17. The molecular formula is C28H34N2O4. The highest BCUT2D eigenvalue weighted by molar-refractivity contribution is 5.96. The third kappa shape index (κ3) is 5.93. The van der Waals surface area contributed by atoms with Crippen molar-refractivity contribution >= 4 is 17.8 Å². The second-order valence-electron chi connectivity index (χ2n) is 9.17. The topological polar surface area (TPSA) is 75.7 Å². The lowest BCUT2D eigenvalue weighted by Crippen LogP contribution is -2.38. The van der Waals surface area contributed by atoms with Crippen LogP contribution in [0, 0.1) is 12.8 Å². The Hall–Kier alpha value is -3.41. The van der Waals surface area contributed by atoms with Gasteiger partial charge in [0.05, 0.1) is 18.7 Å². The van der Waals surface area contributed by atoms with Gasteiger partial charge in [-0.1, -0.05) is 55.8 Å². The molecule has 1 aliphatic rings. The summed E-state index contributed by atoms with van der Waals surface area (Å²) in [5, 5.41) is 2.92. The number of hydrogen-bond acceptors (Lipinski definition) is 4. The molecule has 34 heavy (non-hydrogen) atoms. The van der Waals surface area contributed by atoms with Crippen molar-refractivity contribution in [1.29, 1.82) is 0 Å². The zero-order chi connectivity index (χ0) is 24.8. The van der Waals surface area contributed by atoms with E-state index in [2.05, 4.69) is 5.32 Å². The van der Waals surface area contributed by atoms with Gasteiger partial charge in [-0.2, -0.15) is 0 Å². The Labute approximate surface area is 202 Å². The van der Waals surface area contributed by atoms with Gasteiger partial charge in [0, 0.05) is 30.1 Å². The molecule has 0 aliphatic carbocycles. The Morgan fingerprint density at radius 2 is 1.82 bits per heavy atom. The highest BCUT2D eigenvalue weighted by atomic mass is 16.5. The summed E-state index contributed by atoms with van der Waals surface area (Å²) in [7, 11) is 0. The van der Waals surface area contributed by atoms with Gasteiger partial charge < -0.3 is 15.0 Å². The smallest absolute Gasteiger partial charge is 0.336 e. The molecule has 2 amide bonds. The average molecular weight is 463 g/mol. The first kappa shape index (κ1) is 25.2. The zero-order valence-corrected chi connectivity index (χ0v) is 20.7. The quantitative estimate of drug-likeness (QED) is 0.575. The number of aryl methyl sites for hydroxylation is 1. The molecule has 0 bridgehead atoms. The number of benzene rings is 2. The fourth-order valence-corrected chi connectivity index (χ4v) is 4.15. The largest absolute Gasteiger partial charge is 0.463 e. The molecule has 3 rings (SSSR count). The van der Waals surface area contributed by atoms with Crippen LogP contribution < -0.4 is 5.32 Å². The van der Waals surface area contributed by atoms with E-state index < -0.39 is 5.97 Å². The molecule has 6 nitrogen and oxygen atoms in total. The lowest BCUT2D eigenvalue weighted by atomic mass is 9.83. The molecule has 1 heterocycles. The summed E-state index contributed by atoms with van der Waals surface area (Å²) in [5.74, 6) is -0.597. The summed E-state index contributed by atoms with van der Waals surface area (Å²) in [6.07, 6.45) is 0.184. The molecule has 1 unspecified atom stereocenters. The van der Waals surface area contributed by atoms with E-state index in [9.17, 15) is 14.4 Å². The maximum absolute atomic E-state index is 13.2. The van der Waals surface area contributed by atoms with E-state index in [1.165, 1.54) is 0 Å². The van der Waals surface area contributed by atoms with Gasteiger partial charge in [-0.15, -0.1) is 0 Å². The Kier molecular flexibility index (Phi) is 8.26. The molecule has 0 fully saturated rings. The van der Waals surface area contributed by atoms with Crippen LogP contribution in [0.15, 0.2) is 59.8 Å². The van der Waals surface area contributed by atoms with Gasteiger partial charge in [-0.3, -0.25) is 9.59 Å². The predicted octanol–water partition coefficient (Wildman–Crippen LogP) is 4.73. The number of nitrogens with zero attached hydrogens (tertiary/aromatic N) is 1. The summed E-state index contributed by atoms with van der Waals surface area (Å²) < 4.78 is 5.37. The monoisotopic (exact) mass is 462 g/mol. The lowest BCUT2D eigenvalue weighted by Gasteiger charge is -2.34. The SMILES string of the molecule is CCOC(=O)C1=C(C)N(Cc2cccc(C(=O)NCC(C)C)c2)C(=O)CC1c1ccc(C)cc1. The highest BCUT2D eigenvalue weighted by Gasteiger charge is 2.36. The van der Waals surface area contributed by atoms with Gasteiger partial charge in [-0.25, -0.2) is 4.79 Å². The number of carbonyl (C=O) groups is 3. The molecule has 0 saturated carbocycles. The van der Waals surface area contributed by atoms with Gasteiger partial charge in [-0.05, 0) is 49.9 Å². The van der Waals surface area contributed by atoms with Crippen LogP contribution in [0.1, 0.15) is 67.1 Å². The van der Waals surface area contributed by atoms with Gasteiger partial charge in [0.1, 0.15) is 0 Å². The van der Waals surface area contributed by atoms with Gasteiger partial charge in [0.25, 0.3) is 5.91 Å². The molecule has 0 radical (unpaired) electrons.